The Morgan fingerprint density at radius 3 is 2.31 bits per heavy atom. The Morgan fingerprint density at radius 2 is 1.54 bits per heavy atom. The molecule has 1 aromatic heterocycles. The molecule has 0 spiro atoms. The number of benzene rings is 1. The highest BCUT2D eigenvalue weighted by molar-refractivity contribution is 5.73. The molecular weight excluding hydrogens is 320 g/mol. The van der Waals surface area contributed by atoms with Crippen LogP contribution in [0.4, 0.5) is 0 Å². The standard InChI is InChI=1S/C22H38N4/c1-4-6-8-9-10-11-12-18-22(25(3)19-15-7-5-2)26-21-17-14-13-16-20(21)23-24-26/h13-14,16-17,22H,4-12,15,18-19H2,1-3H3. The van der Waals surface area contributed by atoms with Crippen LogP contribution >= 0.6 is 0 Å². The first-order valence-electron chi connectivity index (χ1n) is 10.8. The van der Waals surface area contributed by atoms with Crippen LogP contribution < -0.4 is 0 Å². The Morgan fingerprint density at radius 1 is 0.885 bits per heavy atom. The maximum Gasteiger partial charge on any atom is 0.113 e. The third-order valence-electron chi connectivity index (χ3n) is 5.35. The molecule has 1 unspecified atom stereocenters. The predicted molar refractivity (Wildman–Crippen MR) is 111 cm³/mol. The summed E-state index contributed by atoms with van der Waals surface area (Å²) >= 11 is 0. The fraction of sp³-hybridized carbons (Fsp3) is 0.727. The van der Waals surface area contributed by atoms with Crippen LogP contribution in [0.1, 0.15) is 90.6 Å². The van der Waals surface area contributed by atoms with E-state index in [1.54, 1.807) is 0 Å². The molecule has 0 bridgehead atoms. The number of hydrogen-bond acceptors (Lipinski definition) is 3. The number of para-hydroxylation sites is 1. The first-order valence-corrected chi connectivity index (χ1v) is 10.8. The summed E-state index contributed by atoms with van der Waals surface area (Å²) in [6.45, 7) is 5.67. The van der Waals surface area contributed by atoms with E-state index in [1.807, 2.05) is 6.07 Å². The summed E-state index contributed by atoms with van der Waals surface area (Å²) in [5.74, 6) is 0. The molecule has 0 radical (unpaired) electrons. The Kier molecular flexibility index (Phi) is 9.68. The molecule has 4 nitrogen and oxygen atoms in total. The van der Waals surface area contributed by atoms with E-state index in [0.717, 1.165) is 24.0 Å². The zero-order valence-electron chi connectivity index (χ0n) is 17.2. The number of hydrogen-bond donors (Lipinski definition) is 0. The molecule has 26 heavy (non-hydrogen) atoms. The lowest BCUT2D eigenvalue weighted by molar-refractivity contribution is 0.147. The molecule has 146 valence electrons. The van der Waals surface area contributed by atoms with Gasteiger partial charge in [0.1, 0.15) is 11.7 Å². The van der Waals surface area contributed by atoms with Crippen LogP contribution in [0.3, 0.4) is 0 Å². The Balaban J connectivity index is 1.95. The molecule has 0 aliphatic rings. The normalized spacial score (nSPS) is 12.9. The Labute approximate surface area is 160 Å². The van der Waals surface area contributed by atoms with Gasteiger partial charge in [0.15, 0.2) is 0 Å². The van der Waals surface area contributed by atoms with Crippen molar-refractivity contribution in [3.8, 4) is 0 Å². The van der Waals surface area contributed by atoms with Crippen molar-refractivity contribution >= 4 is 11.0 Å². The highest BCUT2D eigenvalue weighted by Gasteiger charge is 2.19. The van der Waals surface area contributed by atoms with Crippen molar-refractivity contribution in [2.75, 3.05) is 13.6 Å². The van der Waals surface area contributed by atoms with E-state index in [2.05, 4.69) is 59.0 Å². The summed E-state index contributed by atoms with van der Waals surface area (Å²) < 4.78 is 2.15. The van der Waals surface area contributed by atoms with Crippen LogP contribution in [0.5, 0.6) is 0 Å². The summed E-state index contributed by atoms with van der Waals surface area (Å²) in [4.78, 5) is 2.48. The maximum absolute atomic E-state index is 4.51. The van der Waals surface area contributed by atoms with Gasteiger partial charge in [-0.1, -0.05) is 82.6 Å². The number of fused-ring (bicyclic) bond motifs is 1. The van der Waals surface area contributed by atoms with Crippen molar-refractivity contribution < 1.29 is 0 Å². The average molecular weight is 359 g/mol. The molecule has 0 saturated heterocycles. The van der Waals surface area contributed by atoms with Gasteiger partial charge in [-0.15, -0.1) is 5.10 Å². The van der Waals surface area contributed by atoms with Crippen molar-refractivity contribution in [2.45, 2.75) is 90.6 Å². The zero-order valence-corrected chi connectivity index (χ0v) is 17.2. The highest BCUT2D eigenvalue weighted by atomic mass is 15.5. The van der Waals surface area contributed by atoms with Gasteiger partial charge in [0.25, 0.3) is 0 Å². The minimum Gasteiger partial charge on any atom is -0.285 e. The third-order valence-corrected chi connectivity index (χ3v) is 5.35. The fourth-order valence-electron chi connectivity index (χ4n) is 3.68. The van der Waals surface area contributed by atoms with Crippen LogP contribution in [-0.2, 0) is 0 Å². The van der Waals surface area contributed by atoms with Crippen molar-refractivity contribution in [1.29, 1.82) is 0 Å². The van der Waals surface area contributed by atoms with Crippen molar-refractivity contribution in [3.05, 3.63) is 24.3 Å². The quantitative estimate of drug-likeness (QED) is 0.377. The second kappa shape index (κ2) is 12.1. The van der Waals surface area contributed by atoms with Crippen molar-refractivity contribution in [1.82, 2.24) is 19.9 Å². The summed E-state index contributed by atoms with van der Waals surface area (Å²) in [7, 11) is 2.25. The first-order chi connectivity index (χ1) is 12.8. The first kappa shape index (κ1) is 20.9. The second-order valence-electron chi connectivity index (χ2n) is 7.60. The Bertz CT molecular complexity index is 607. The summed E-state index contributed by atoms with van der Waals surface area (Å²) in [6.07, 6.45) is 14.7. The van der Waals surface area contributed by atoms with Crippen LogP contribution in [0.25, 0.3) is 11.0 Å². The van der Waals surface area contributed by atoms with E-state index in [9.17, 15) is 0 Å². The van der Waals surface area contributed by atoms with E-state index in [0.29, 0.717) is 6.17 Å². The molecular formula is C22H38N4. The lowest BCUT2D eigenvalue weighted by Gasteiger charge is -2.28. The fourth-order valence-corrected chi connectivity index (χ4v) is 3.68. The molecule has 1 atom stereocenters. The predicted octanol–water partition coefficient (Wildman–Crippen LogP) is 6.19. The Hall–Kier alpha value is -1.42. The smallest absolute Gasteiger partial charge is 0.113 e. The third kappa shape index (κ3) is 6.39. The van der Waals surface area contributed by atoms with Crippen molar-refractivity contribution in [2.24, 2.45) is 0 Å². The molecule has 1 aromatic carbocycles. The molecule has 0 amide bonds. The van der Waals surface area contributed by atoms with E-state index in [4.69, 9.17) is 0 Å². The van der Waals surface area contributed by atoms with Gasteiger partial charge in [-0.2, -0.15) is 0 Å². The van der Waals surface area contributed by atoms with E-state index >= 15 is 0 Å². The van der Waals surface area contributed by atoms with Gasteiger partial charge in [0, 0.05) is 0 Å². The van der Waals surface area contributed by atoms with Gasteiger partial charge in [0.05, 0.1) is 5.52 Å². The van der Waals surface area contributed by atoms with Gasteiger partial charge in [-0.3, -0.25) is 4.90 Å². The topological polar surface area (TPSA) is 34.0 Å². The lowest BCUT2D eigenvalue weighted by atomic mass is 10.1. The van der Waals surface area contributed by atoms with Crippen LogP contribution in [0.2, 0.25) is 0 Å². The molecule has 4 heteroatoms. The SMILES string of the molecule is CCCCCCCCCC(N(C)CCCCC)n1nnc2ccccc21. The molecule has 0 saturated carbocycles. The highest BCUT2D eigenvalue weighted by Crippen LogP contribution is 2.24. The molecule has 2 rings (SSSR count). The number of nitrogens with zero attached hydrogens (tertiary/aromatic N) is 4. The monoisotopic (exact) mass is 358 g/mol. The molecule has 0 aliphatic carbocycles. The molecule has 0 aliphatic heterocycles. The minimum absolute atomic E-state index is 0.315. The molecule has 0 N–H and O–H groups in total. The average Bonchev–Trinajstić information content (AvgIpc) is 3.08. The lowest BCUT2D eigenvalue weighted by Crippen LogP contribution is -2.31. The maximum atomic E-state index is 4.51. The molecule has 0 fully saturated rings. The van der Waals surface area contributed by atoms with E-state index < -0.39 is 0 Å². The number of rotatable bonds is 14. The van der Waals surface area contributed by atoms with Gasteiger partial charge < -0.3 is 0 Å². The molecule has 1 heterocycles. The van der Waals surface area contributed by atoms with Gasteiger partial charge in [0.2, 0.25) is 0 Å². The number of unbranched alkanes of at least 4 members (excludes halogenated alkanes) is 8. The van der Waals surface area contributed by atoms with Gasteiger partial charge in [-0.25, -0.2) is 4.68 Å². The van der Waals surface area contributed by atoms with Crippen LogP contribution in [0.15, 0.2) is 24.3 Å². The van der Waals surface area contributed by atoms with Crippen molar-refractivity contribution in [3.63, 3.8) is 0 Å². The summed E-state index contributed by atoms with van der Waals surface area (Å²) in [5, 5.41) is 8.89. The molecule has 2 aromatic rings. The summed E-state index contributed by atoms with van der Waals surface area (Å²) in [5.41, 5.74) is 2.15. The van der Waals surface area contributed by atoms with E-state index in [1.165, 1.54) is 64.2 Å². The largest absolute Gasteiger partial charge is 0.285 e. The number of aromatic nitrogens is 3. The van der Waals surface area contributed by atoms with Gasteiger partial charge in [-0.05, 0) is 45.0 Å². The minimum atomic E-state index is 0.315. The zero-order chi connectivity index (χ0) is 18.6. The summed E-state index contributed by atoms with van der Waals surface area (Å²) in [6, 6.07) is 8.33. The van der Waals surface area contributed by atoms with Crippen LogP contribution in [0, 0.1) is 0 Å². The van der Waals surface area contributed by atoms with Gasteiger partial charge >= 0.3 is 0 Å². The van der Waals surface area contributed by atoms with E-state index in [-0.39, 0.29) is 0 Å². The van der Waals surface area contributed by atoms with Crippen LogP contribution in [-0.4, -0.2) is 33.5 Å². The second-order valence-corrected chi connectivity index (χ2v) is 7.60.